The number of hydrogen-bond donors (Lipinski definition) is 1. The van der Waals surface area contributed by atoms with E-state index in [1.54, 1.807) is 6.92 Å². The van der Waals surface area contributed by atoms with Gasteiger partial charge in [-0.3, -0.25) is 9.69 Å². The Morgan fingerprint density at radius 1 is 1.30 bits per heavy atom. The Labute approximate surface area is 161 Å². The Kier molecular flexibility index (Phi) is 5.25. The van der Waals surface area contributed by atoms with Crippen LogP contribution in [0.25, 0.3) is 0 Å². The van der Waals surface area contributed by atoms with Crippen molar-refractivity contribution < 1.29 is 14.6 Å². The normalized spacial score (nSPS) is 24.5. The van der Waals surface area contributed by atoms with E-state index in [2.05, 4.69) is 29.2 Å². The molecule has 1 unspecified atom stereocenters. The second-order valence-corrected chi connectivity index (χ2v) is 8.50. The van der Waals surface area contributed by atoms with E-state index in [0.29, 0.717) is 5.92 Å². The van der Waals surface area contributed by atoms with Crippen LogP contribution in [0.5, 0.6) is 0 Å². The van der Waals surface area contributed by atoms with Crippen molar-refractivity contribution in [1.29, 1.82) is 0 Å². The lowest BCUT2D eigenvalue weighted by Gasteiger charge is -2.50. The van der Waals surface area contributed by atoms with Crippen LogP contribution in [0.15, 0.2) is 24.3 Å². The minimum absolute atomic E-state index is 0.106. The summed E-state index contributed by atoms with van der Waals surface area (Å²) in [5.41, 5.74) is 2.88. The van der Waals surface area contributed by atoms with Gasteiger partial charge in [-0.15, -0.1) is 0 Å². The molecule has 27 heavy (non-hydrogen) atoms. The minimum atomic E-state index is -0.762. The van der Waals surface area contributed by atoms with E-state index in [1.165, 1.54) is 18.2 Å². The maximum atomic E-state index is 12.1. The molecular formula is C21H31N3O3. The average molecular weight is 373 g/mol. The first-order valence-electron chi connectivity index (χ1n) is 10.0. The third kappa shape index (κ3) is 3.63. The van der Waals surface area contributed by atoms with Crippen molar-refractivity contribution in [1.82, 2.24) is 14.7 Å². The number of nitrogens with zero attached hydrogens (tertiary/aromatic N) is 3. The van der Waals surface area contributed by atoms with Crippen LogP contribution < -0.4 is 0 Å². The fraction of sp³-hybridized carbons (Fsp3) is 0.667. The van der Waals surface area contributed by atoms with Gasteiger partial charge in [-0.25, -0.2) is 0 Å². The Hall–Kier alpha value is -1.47. The molecule has 0 aromatic heterocycles. The van der Waals surface area contributed by atoms with Gasteiger partial charge in [-0.05, 0) is 43.0 Å². The lowest BCUT2D eigenvalue weighted by Crippen LogP contribution is -2.58. The predicted molar refractivity (Wildman–Crippen MR) is 103 cm³/mol. The summed E-state index contributed by atoms with van der Waals surface area (Å²) in [6.07, 6.45) is 1.44. The molecule has 0 saturated carbocycles. The standard InChI is InChI=1S/C21H31N3O3/c1-16(25)24-14-18-5-3-4-6-19(18)21(15-24)7-9-22(10-8-21)11-17-12-23(13-17)20(26)27-2/h3-6,17,20,26H,7-15H2,1-2H3. The van der Waals surface area contributed by atoms with Gasteiger partial charge < -0.3 is 19.6 Å². The molecule has 6 nitrogen and oxygen atoms in total. The molecule has 1 aromatic carbocycles. The molecule has 1 amide bonds. The van der Waals surface area contributed by atoms with Crippen LogP contribution in [0.2, 0.25) is 0 Å². The molecular weight excluding hydrogens is 342 g/mol. The maximum absolute atomic E-state index is 12.1. The number of carbonyl (C=O) groups is 1. The van der Waals surface area contributed by atoms with Crippen LogP contribution in [-0.2, 0) is 21.5 Å². The third-order valence-electron chi connectivity index (χ3n) is 6.73. The summed E-state index contributed by atoms with van der Waals surface area (Å²) in [6.45, 7) is 8.32. The third-order valence-corrected chi connectivity index (χ3v) is 6.73. The van der Waals surface area contributed by atoms with Crippen LogP contribution in [-0.4, -0.2) is 78.5 Å². The van der Waals surface area contributed by atoms with Crippen molar-refractivity contribution in [3.63, 3.8) is 0 Å². The van der Waals surface area contributed by atoms with Gasteiger partial charge in [0.2, 0.25) is 12.3 Å². The van der Waals surface area contributed by atoms with Crippen molar-refractivity contribution in [2.45, 2.75) is 38.1 Å². The summed E-state index contributed by atoms with van der Waals surface area (Å²) in [7, 11) is 1.54. The van der Waals surface area contributed by atoms with E-state index in [4.69, 9.17) is 4.74 Å². The molecule has 148 valence electrons. The summed E-state index contributed by atoms with van der Waals surface area (Å²) in [4.78, 5) is 18.6. The van der Waals surface area contributed by atoms with Gasteiger partial charge in [-0.1, -0.05) is 24.3 Å². The molecule has 4 rings (SSSR count). The predicted octanol–water partition coefficient (Wildman–Crippen LogP) is 1.24. The van der Waals surface area contributed by atoms with Gasteiger partial charge in [-0.2, -0.15) is 0 Å². The lowest BCUT2D eigenvalue weighted by molar-refractivity contribution is -0.210. The number of rotatable bonds is 4. The number of fused-ring (bicyclic) bond motifs is 2. The van der Waals surface area contributed by atoms with E-state index < -0.39 is 6.41 Å². The maximum Gasteiger partial charge on any atom is 0.219 e. The topological polar surface area (TPSA) is 56.3 Å². The van der Waals surface area contributed by atoms with Crippen LogP contribution >= 0.6 is 0 Å². The molecule has 3 heterocycles. The van der Waals surface area contributed by atoms with E-state index in [0.717, 1.165) is 58.7 Å². The van der Waals surface area contributed by atoms with Crippen molar-refractivity contribution in [3.05, 3.63) is 35.4 Å². The fourth-order valence-corrected chi connectivity index (χ4v) is 5.12. The highest BCUT2D eigenvalue weighted by molar-refractivity contribution is 5.74. The van der Waals surface area contributed by atoms with Gasteiger partial charge in [0.25, 0.3) is 0 Å². The molecule has 2 saturated heterocycles. The summed E-state index contributed by atoms with van der Waals surface area (Å²) >= 11 is 0. The number of aliphatic hydroxyl groups excluding tert-OH is 1. The Morgan fingerprint density at radius 3 is 2.67 bits per heavy atom. The second-order valence-electron chi connectivity index (χ2n) is 8.50. The van der Waals surface area contributed by atoms with Crippen molar-refractivity contribution in [3.8, 4) is 0 Å². The smallest absolute Gasteiger partial charge is 0.219 e. The first kappa shape index (κ1) is 18.9. The molecule has 3 aliphatic rings. The van der Waals surface area contributed by atoms with Gasteiger partial charge in [0.1, 0.15) is 0 Å². The number of hydrogen-bond acceptors (Lipinski definition) is 5. The van der Waals surface area contributed by atoms with Crippen LogP contribution in [0.4, 0.5) is 0 Å². The second kappa shape index (κ2) is 7.51. The summed E-state index contributed by atoms with van der Waals surface area (Å²) in [6, 6.07) is 8.68. The molecule has 0 aliphatic carbocycles. The average Bonchev–Trinajstić information content (AvgIpc) is 2.65. The molecule has 1 atom stereocenters. The van der Waals surface area contributed by atoms with Gasteiger partial charge in [0.15, 0.2) is 0 Å². The van der Waals surface area contributed by atoms with Gasteiger partial charge in [0, 0.05) is 52.2 Å². The van der Waals surface area contributed by atoms with Gasteiger partial charge >= 0.3 is 0 Å². The van der Waals surface area contributed by atoms with Crippen molar-refractivity contribution >= 4 is 5.91 Å². The van der Waals surface area contributed by atoms with E-state index in [1.807, 2.05) is 9.80 Å². The number of aliphatic hydroxyl groups is 1. The number of amides is 1. The Morgan fingerprint density at radius 2 is 2.00 bits per heavy atom. The van der Waals surface area contributed by atoms with Crippen molar-refractivity contribution in [2.75, 3.05) is 46.4 Å². The first-order valence-corrected chi connectivity index (χ1v) is 10.0. The summed E-state index contributed by atoms with van der Waals surface area (Å²) < 4.78 is 4.97. The highest BCUT2D eigenvalue weighted by Crippen LogP contribution is 2.42. The largest absolute Gasteiger partial charge is 0.356 e. The van der Waals surface area contributed by atoms with Crippen LogP contribution in [0.3, 0.4) is 0 Å². The Balaban J connectivity index is 1.38. The molecule has 1 N–H and O–H groups in total. The minimum Gasteiger partial charge on any atom is -0.356 e. The molecule has 0 bridgehead atoms. The zero-order chi connectivity index (χ0) is 19.0. The Bertz CT molecular complexity index is 681. The number of benzene rings is 1. The van der Waals surface area contributed by atoms with Crippen LogP contribution in [0.1, 0.15) is 30.9 Å². The van der Waals surface area contributed by atoms with Gasteiger partial charge in [0.05, 0.1) is 0 Å². The molecule has 6 heteroatoms. The molecule has 1 aromatic rings. The monoisotopic (exact) mass is 373 g/mol. The van der Waals surface area contributed by atoms with E-state index in [9.17, 15) is 9.90 Å². The molecule has 3 aliphatic heterocycles. The molecule has 1 spiro atoms. The number of piperidine rings is 1. The van der Waals surface area contributed by atoms with Crippen LogP contribution in [0, 0.1) is 5.92 Å². The fourth-order valence-electron chi connectivity index (χ4n) is 5.12. The highest BCUT2D eigenvalue weighted by Gasteiger charge is 2.43. The molecule has 0 radical (unpaired) electrons. The van der Waals surface area contributed by atoms with Crippen molar-refractivity contribution in [2.24, 2.45) is 5.92 Å². The molecule has 2 fully saturated rings. The number of carbonyl (C=O) groups excluding carboxylic acids is 1. The number of likely N-dealkylation sites (tertiary alicyclic amines) is 2. The number of methoxy groups -OCH3 is 1. The number of ether oxygens (including phenoxy) is 1. The highest BCUT2D eigenvalue weighted by atomic mass is 16.6. The quantitative estimate of drug-likeness (QED) is 0.805. The zero-order valence-electron chi connectivity index (χ0n) is 16.4. The van der Waals surface area contributed by atoms with E-state index in [-0.39, 0.29) is 11.3 Å². The van der Waals surface area contributed by atoms with E-state index >= 15 is 0 Å². The summed E-state index contributed by atoms with van der Waals surface area (Å²) in [5, 5.41) is 9.69. The lowest BCUT2D eigenvalue weighted by atomic mass is 9.68. The summed E-state index contributed by atoms with van der Waals surface area (Å²) in [5.74, 6) is 0.786. The first-order chi connectivity index (χ1) is 13.0. The SMILES string of the molecule is COC(O)N1CC(CN2CCC3(CC2)CN(C(C)=O)Cc2ccccc23)C1. The zero-order valence-corrected chi connectivity index (χ0v) is 16.4.